The van der Waals surface area contributed by atoms with E-state index in [2.05, 4.69) is 4.84 Å². The highest BCUT2D eigenvalue weighted by molar-refractivity contribution is 5.99. The normalized spacial score (nSPS) is 16.1. The van der Waals surface area contributed by atoms with Crippen LogP contribution in [0, 0.1) is 0 Å². The molecule has 178 valence electrons. The van der Waals surface area contributed by atoms with Crippen LogP contribution in [0.2, 0.25) is 0 Å². The lowest BCUT2D eigenvalue weighted by atomic mass is 10.1. The van der Waals surface area contributed by atoms with Crippen LogP contribution in [0.15, 0.2) is 60.8 Å². The molecule has 4 rings (SSSR count). The monoisotopic (exact) mass is 474 g/mol. The lowest BCUT2D eigenvalue weighted by molar-refractivity contribution is -0.327. The maximum atomic E-state index is 13.2. The molecule has 34 heavy (non-hydrogen) atoms. The Balaban J connectivity index is 1.59. The molecule has 2 heterocycles. The maximum Gasteiger partial charge on any atom is 0.544 e. The fourth-order valence-electron chi connectivity index (χ4n) is 4.19. The van der Waals surface area contributed by atoms with Crippen molar-refractivity contribution in [1.29, 1.82) is 0 Å². The summed E-state index contributed by atoms with van der Waals surface area (Å²) >= 11 is 0. The molecule has 3 amide bonds. The molecule has 2 aromatic carbocycles. The molecule has 2 N–H and O–H groups in total. The minimum absolute atomic E-state index is 0.103. The Kier molecular flexibility index (Phi) is 6.29. The van der Waals surface area contributed by atoms with Crippen molar-refractivity contribution in [2.24, 2.45) is 5.73 Å². The van der Waals surface area contributed by atoms with Crippen LogP contribution < -0.4 is 10.8 Å². The molecular formula is C23H21F3N4O4. The molecule has 3 aromatic rings. The second-order valence-corrected chi connectivity index (χ2v) is 7.81. The van der Waals surface area contributed by atoms with Gasteiger partial charge < -0.3 is 10.6 Å². The minimum atomic E-state index is -5.10. The summed E-state index contributed by atoms with van der Waals surface area (Å²) in [7, 11) is 0. The van der Waals surface area contributed by atoms with E-state index in [-0.39, 0.29) is 30.1 Å². The second kappa shape index (κ2) is 9.18. The molecule has 1 saturated heterocycles. The van der Waals surface area contributed by atoms with E-state index in [1.54, 1.807) is 30.3 Å². The number of benzene rings is 2. The number of hydroxylamine groups is 1. The Morgan fingerprint density at radius 2 is 1.74 bits per heavy atom. The number of carbonyl (C=O) groups excluding carboxylic acids is 3. The molecule has 1 atom stereocenters. The number of aromatic nitrogens is 1. The van der Waals surface area contributed by atoms with Gasteiger partial charge in [0, 0.05) is 18.1 Å². The fraction of sp³-hybridized carbons (Fsp3) is 0.261. The molecule has 1 aliphatic heterocycles. The zero-order valence-corrected chi connectivity index (χ0v) is 17.9. The molecule has 1 aliphatic rings. The van der Waals surface area contributed by atoms with Crippen molar-refractivity contribution in [2.45, 2.75) is 31.7 Å². The first-order valence-electron chi connectivity index (χ1n) is 10.5. The van der Waals surface area contributed by atoms with Gasteiger partial charge >= 0.3 is 12.4 Å². The molecule has 8 nitrogen and oxygen atoms in total. The molecule has 0 spiro atoms. The number of carbonyl (C=O) groups is 3. The number of nitrogens with zero attached hydrogens (tertiary/aromatic N) is 3. The lowest BCUT2D eigenvalue weighted by Gasteiger charge is -2.29. The number of primary amides is 1. The maximum absolute atomic E-state index is 13.2. The van der Waals surface area contributed by atoms with E-state index in [4.69, 9.17) is 5.73 Å². The zero-order valence-electron chi connectivity index (χ0n) is 17.9. The van der Waals surface area contributed by atoms with Crippen LogP contribution in [0.25, 0.3) is 10.9 Å². The van der Waals surface area contributed by atoms with Gasteiger partial charge in [-0.3, -0.25) is 14.2 Å². The van der Waals surface area contributed by atoms with Crippen molar-refractivity contribution < 1.29 is 32.4 Å². The molecule has 0 aliphatic carbocycles. The standard InChI is InChI=1S/C23H21F3N4O4/c24-23(25,26)34-30(16-7-2-1-3-8-16)21(32)19-11-6-12-28(19)20(31)13-15-14-29(22(27)33)18-10-5-4-9-17(15)18/h1-5,7-10,14,19H,6,11-13H2,(H2,27,33). The summed E-state index contributed by atoms with van der Waals surface area (Å²) < 4.78 is 40.4. The van der Waals surface area contributed by atoms with Crippen molar-refractivity contribution in [3.8, 4) is 0 Å². The number of alkyl halides is 3. The van der Waals surface area contributed by atoms with Crippen molar-refractivity contribution in [3.05, 3.63) is 66.4 Å². The summed E-state index contributed by atoms with van der Waals surface area (Å²) in [5.74, 6) is -1.45. The van der Waals surface area contributed by atoms with Crippen molar-refractivity contribution in [2.75, 3.05) is 11.6 Å². The van der Waals surface area contributed by atoms with Crippen LogP contribution in [0.3, 0.4) is 0 Å². The van der Waals surface area contributed by atoms with E-state index in [0.717, 1.165) is 0 Å². The Labute approximate surface area is 192 Å². The van der Waals surface area contributed by atoms with E-state index in [0.29, 0.717) is 22.9 Å². The molecule has 1 fully saturated rings. The third-order valence-corrected chi connectivity index (χ3v) is 5.62. The third-order valence-electron chi connectivity index (χ3n) is 5.62. The van der Waals surface area contributed by atoms with Crippen LogP contribution in [-0.4, -0.2) is 46.3 Å². The summed E-state index contributed by atoms with van der Waals surface area (Å²) in [4.78, 5) is 43.4. The van der Waals surface area contributed by atoms with E-state index in [9.17, 15) is 27.6 Å². The van der Waals surface area contributed by atoms with Crippen LogP contribution in [-0.2, 0) is 20.8 Å². The van der Waals surface area contributed by atoms with Crippen LogP contribution in [0.4, 0.5) is 23.7 Å². The Morgan fingerprint density at radius 3 is 2.41 bits per heavy atom. The largest absolute Gasteiger partial charge is 0.544 e. The Bertz CT molecular complexity index is 1230. The Hall–Kier alpha value is -3.86. The number of likely N-dealkylation sites (tertiary alicyclic amines) is 1. The van der Waals surface area contributed by atoms with Gasteiger partial charge in [-0.2, -0.15) is 9.90 Å². The first kappa shape index (κ1) is 23.3. The van der Waals surface area contributed by atoms with Gasteiger partial charge in [0.2, 0.25) is 5.91 Å². The predicted octanol–water partition coefficient (Wildman–Crippen LogP) is 3.59. The number of hydrogen-bond donors (Lipinski definition) is 1. The predicted molar refractivity (Wildman–Crippen MR) is 116 cm³/mol. The van der Waals surface area contributed by atoms with Crippen molar-refractivity contribution >= 4 is 34.4 Å². The molecule has 0 radical (unpaired) electrons. The number of halogens is 3. The van der Waals surface area contributed by atoms with E-state index in [1.165, 1.54) is 39.9 Å². The molecular weight excluding hydrogens is 453 g/mol. The number of para-hydroxylation sites is 2. The summed E-state index contributed by atoms with van der Waals surface area (Å²) in [6.45, 7) is 0.207. The number of amides is 3. The number of nitrogens with two attached hydrogens (primary N) is 1. The molecule has 0 saturated carbocycles. The first-order chi connectivity index (χ1) is 16.2. The quantitative estimate of drug-likeness (QED) is 0.572. The van der Waals surface area contributed by atoms with Gasteiger partial charge in [-0.15, -0.1) is 13.2 Å². The second-order valence-electron chi connectivity index (χ2n) is 7.81. The third kappa shape index (κ3) is 4.74. The fourth-order valence-corrected chi connectivity index (χ4v) is 4.19. The number of anilines is 1. The average Bonchev–Trinajstić information content (AvgIpc) is 3.43. The van der Waals surface area contributed by atoms with Gasteiger partial charge in [-0.1, -0.05) is 36.4 Å². The number of hydrogen-bond acceptors (Lipinski definition) is 4. The van der Waals surface area contributed by atoms with Crippen LogP contribution in [0.5, 0.6) is 0 Å². The summed E-state index contributed by atoms with van der Waals surface area (Å²) in [5.41, 5.74) is 6.36. The van der Waals surface area contributed by atoms with Gasteiger partial charge in [0.1, 0.15) is 6.04 Å². The van der Waals surface area contributed by atoms with E-state index < -0.39 is 30.2 Å². The van der Waals surface area contributed by atoms with E-state index >= 15 is 0 Å². The van der Waals surface area contributed by atoms with Gasteiger partial charge in [0.25, 0.3) is 5.91 Å². The van der Waals surface area contributed by atoms with Crippen LogP contribution in [0.1, 0.15) is 18.4 Å². The SMILES string of the molecule is NC(=O)n1cc(CC(=O)N2CCCC2C(=O)N(OC(F)(F)F)c2ccccc2)c2ccccc21. The highest BCUT2D eigenvalue weighted by Gasteiger charge is 2.42. The molecule has 0 bridgehead atoms. The summed E-state index contributed by atoms with van der Waals surface area (Å²) in [6.07, 6.45) is -3.16. The van der Waals surface area contributed by atoms with Gasteiger partial charge in [-0.25, -0.2) is 4.79 Å². The van der Waals surface area contributed by atoms with Gasteiger partial charge in [0.15, 0.2) is 0 Å². The summed E-state index contributed by atoms with van der Waals surface area (Å²) in [5, 5.41) is 0.831. The summed E-state index contributed by atoms with van der Waals surface area (Å²) in [6, 6.07) is 12.2. The lowest BCUT2D eigenvalue weighted by Crippen LogP contribution is -2.49. The molecule has 1 unspecified atom stereocenters. The highest BCUT2D eigenvalue weighted by Crippen LogP contribution is 2.29. The molecule has 1 aromatic heterocycles. The minimum Gasteiger partial charge on any atom is -0.351 e. The van der Waals surface area contributed by atoms with Crippen molar-refractivity contribution in [3.63, 3.8) is 0 Å². The van der Waals surface area contributed by atoms with Gasteiger partial charge in [0.05, 0.1) is 17.6 Å². The smallest absolute Gasteiger partial charge is 0.351 e. The Morgan fingerprint density at radius 1 is 1.06 bits per heavy atom. The van der Waals surface area contributed by atoms with Crippen LogP contribution >= 0.6 is 0 Å². The first-order valence-corrected chi connectivity index (χ1v) is 10.5. The topological polar surface area (TPSA) is 97.9 Å². The van der Waals surface area contributed by atoms with E-state index in [1.807, 2.05) is 0 Å². The highest BCUT2D eigenvalue weighted by atomic mass is 19.4. The number of rotatable bonds is 5. The number of fused-ring (bicyclic) bond motifs is 1. The average molecular weight is 474 g/mol. The van der Waals surface area contributed by atoms with Gasteiger partial charge in [-0.05, 0) is 36.6 Å². The van der Waals surface area contributed by atoms with Crippen molar-refractivity contribution in [1.82, 2.24) is 9.47 Å². The molecule has 11 heteroatoms. The zero-order chi connectivity index (χ0) is 24.5.